The fraction of sp³-hybridized carbons (Fsp3) is 0.471. The number of H-pyrrole nitrogens is 1. The zero-order chi connectivity index (χ0) is 14.7. The van der Waals surface area contributed by atoms with Crippen LogP contribution in [0.4, 0.5) is 0 Å². The van der Waals surface area contributed by atoms with E-state index in [2.05, 4.69) is 52.3 Å². The topological polar surface area (TPSA) is 57.4 Å². The van der Waals surface area contributed by atoms with Crippen molar-refractivity contribution in [1.29, 1.82) is 0 Å². The minimum atomic E-state index is 0.710. The van der Waals surface area contributed by atoms with Crippen molar-refractivity contribution in [2.45, 2.75) is 26.2 Å². The zero-order valence-corrected chi connectivity index (χ0v) is 12.7. The van der Waals surface area contributed by atoms with Crippen LogP contribution in [0, 0.1) is 5.92 Å². The number of para-hydroxylation sites is 1. The third kappa shape index (κ3) is 3.20. The molecule has 3 N–H and O–H groups in total. The summed E-state index contributed by atoms with van der Waals surface area (Å²) in [5.74, 6) is 1.53. The molecule has 1 aromatic carbocycles. The van der Waals surface area contributed by atoms with Crippen LogP contribution in [0.25, 0.3) is 10.9 Å². The summed E-state index contributed by atoms with van der Waals surface area (Å²) in [6, 6.07) is 8.38. The molecule has 1 saturated heterocycles. The summed E-state index contributed by atoms with van der Waals surface area (Å²) in [5, 5.41) is 1.29. The molecule has 4 heteroatoms. The molecule has 0 radical (unpaired) electrons. The molecular weight excluding hydrogens is 260 g/mol. The van der Waals surface area contributed by atoms with Crippen molar-refractivity contribution >= 4 is 16.9 Å². The van der Waals surface area contributed by atoms with Gasteiger partial charge in [-0.15, -0.1) is 0 Å². The molecule has 1 aliphatic heterocycles. The molecule has 2 aromatic rings. The molecular formula is C17H24N4. The van der Waals surface area contributed by atoms with E-state index in [0.717, 1.165) is 32.0 Å². The largest absolute Gasteiger partial charge is 0.370 e. The van der Waals surface area contributed by atoms with Gasteiger partial charge in [-0.1, -0.05) is 25.1 Å². The third-order valence-corrected chi connectivity index (χ3v) is 4.44. The molecule has 4 nitrogen and oxygen atoms in total. The Kier molecular flexibility index (Phi) is 4.13. The van der Waals surface area contributed by atoms with Gasteiger partial charge in [0.05, 0.1) is 0 Å². The predicted octanol–water partition coefficient (Wildman–Crippen LogP) is 2.76. The van der Waals surface area contributed by atoms with Crippen LogP contribution in [0.3, 0.4) is 0 Å². The summed E-state index contributed by atoms with van der Waals surface area (Å²) in [6.45, 7) is 5.15. The van der Waals surface area contributed by atoms with Gasteiger partial charge < -0.3 is 15.6 Å². The summed E-state index contributed by atoms with van der Waals surface area (Å²) >= 11 is 0. The number of piperidine rings is 1. The highest BCUT2D eigenvalue weighted by Crippen LogP contribution is 2.18. The Morgan fingerprint density at radius 2 is 2.10 bits per heavy atom. The molecule has 0 saturated carbocycles. The summed E-state index contributed by atoms with van der Waals surface area (Å²) in [4.78, 5) is 10.1. The molecule has 0 bridgehead atoms. The fourth-order valence-electron chi connectivity index (χ4n) is 2.97. The standard InChI is InChI=1S/C17H24N4/c1-13-7-10-21(11-8-13)17(18)19-9-6-14-12-20-16-5-3-2-4-15(14)16/h2-5,12-13,20H,6-11H2,1H3,(H2,18,19). The lowest BCUT2D eigenvalue weighted by Crippen LogP contribution is -2.42. The fourth-order valence-corrected chi connectivity index (χ4v) is 2.97. The number of fused-ring (bicyclic) bond motifs is 1. The number of hydrogen-bond donors (Lipinski definition) is 2. The highest BCUT2D eigenvalue weighted by molar-refractivity contribution is 5.83. The Morgan fingerprint density at radius 3 is 2.90 bits per heavy atom. The third-order valence-electron chi connectivity index (χ3n) is 4.44. The summed E-state index contributed by atoms with van der Waals surface area (Å²) in [6.07, 6.45) is 5.45. The molecule has 1 aromatic heterocycles. The molecule has 0 unspecified atom stereocenters. The predicted molar refractivity (Wildman–Crippen MR) is 88.5 cm³/mol. The van der Waals surface area contributed by atoms with E-state index in [-0.39, 0.29) is 0 Å². The number of nitrogens with two attached hydrogens (primary N) is 1. The second-order valence-electron chi connectivity index (χ2n) is 6.02. The highest BCUT2D eigenvalue weighted by Gasteiger charge is 2.16. The molecule has 0 spiro atoms. The van der Waals surface area contributed by atoms with Gasteiger partial charge in [0, 0.05) is 36.7 Å². The van der Waals surface area contributed by atoms with Crippen LogP contribution in [0.15, 0.2) is 35.5 Å². The number of aromatic nitrogens is 1. The minimum Gasteiger partial charge on any atom is -0.370 e. The van der Waals surface area contributed by atoms with Crippen LogP contribution in [0.5, 0.6) is 0 Å². The second kappa shape index (κ2) is 6.20. The minimum absolute atomic E-state index is 0.710. The first kappa shape index (κ1) is 14.0. The van der Waals surface area contributed by atoms with Crippen molar-refractivity contribution < 1.29 is 0 Å². The van der Waals surface area contributed by atoms with E-state index in [1.807, 2.05) is 0 Å². The van der Waals surface area contributed by atoms with Crippen molar-refractivity contribution in [1.82, 2.24) is 9.88 Å². The molecule has 0 atom stereocenters. The van der Waals surface area contributed by atoms with Gasteiger partial charge in [-0.2, -0.15) is 0 Å². The normalized spacial score (nSPS) is 17.6. The lowest BCUT2D eigenvalue weighted by atomic mass is 10.00. The maximum absolute atomic E-state index is 6.11. The number of hydrogen-bond acceptors (Lipinski definition) is 1. The summed E-state index contributed by atoms with van der Waals surface area (Å²) in [7, 11) is 0. The Labute approximate surface area is 126 Å². The van der Waals surface area contributed by atoms with E-state index >= 15 is 0 Å². The van der Waals surface area contributed by atoms with Crippen molar-refractivity contribution in [2.75, 3.05) is 19.6 Å². The number of benzene rings is 1. The summed E-state index contributed by atoms with van der Waals surface area (Å²) < 4.78 is 0. The van der Waals surface area contributed by atoms with Crippen LogP contribution < -0.4 is 5.73 Å². The Morgan fingerprint density at radius 1 is 1.33 bits per heavy atom. The Hall–Kier alpha value is -1.97. The molecule has 112 valence electrons. The van der Waals surface area contributed by atoms with Crippen LogP contribution in [0.1, 0.15) is 25.3 Å². The van der Waals surface area contributed by atoms with Gasteiger partial charge in [0.1, 0.15) is 0 Å². The lowest BCUT2D eigenvalue weighted by Gasteiger charge is -2.31. The monoisotopic (exact) mass is 284 g/mol. The second-order valence-corrected chi connectivity index (χ2v) is 6.02. The van der Waals surface area contributed by atoms with Crippen LogP contribution in [0.2, 0.25) is 0 Å². The number of nitrogens with zero attached hydrogens (tertiary/aromatic N) is 2. The van der Waals surface area contributed by atoms with Crippen LogP contribution in [-0.4, -0.2) is 35.5 Å². The van der Waals surface area contributed by atoms with Crippen molar-refractivity contribution in [3.05, 3.63) is 36.0 Å². The van der Waals surface area contributed by atoms with E-state index in [1.165, 1.54) is 29.3 Å². The van der Waals surface area contributed by atoms with Gasteiger partial charge in [0.15, 0.2) is 5.96 Å². The van der Waals surface area contributed by atoms with Crippen LogP contribution >= 0.6 is 0 Å². The van der Waals surface area contributed by atoms with Crippen molar-refractivity contribution in [2.24, 2.45) is 16.6 Å². The van der Waals surface area contributed by atoms with E-state index in [0.29, 0.717) is 5.96 Å². The zero-order valence-electron chi connectivity index (χ0n) is 12.7. The maximum atomic E-state index is 6.11. The average Bonchev–Trinajstić information content (AvgIpc) is 2.91. The first-order chi connectivity index (χ1) is 10.2. The SMILES string of the molecule is CC1CCN(C(N)=NCCc2c[nH]c3ccccc23)CC1. The van der Waals surface area contributed by atoms with Gasteiger partial charge in [-0.25, -0.2) is 0 Å². The van der Waals surface area contributed by atoms with Crippen LogP contribution in [-0.2, 0) is 6.42 Å². The maximum Gasteiger partial charge on any atom is 0.191 e. The Balaban J connectivity index is 1.58. The van der Waals surface area contributed by atoms with Gasteiger partial charge in [-0.3, -0.25) is 4.99 Å². The number of aromatic amines is 1. The molecule has 21 heavy (non-hydrogen) atoms. The van der Waals surface area contributed by atoms with Crippen molar-refractivity contribution in [3.63, 3.8) is 0 Å². The average molecular weight is 284 g/mol. The molecule has 3 rings (SSSR count). The molecule has 1 aliphatic rings. The number of likely N-dealkylation sites (tertiary alicyclic amines) is 1. The number of aliphatic imine (C=N–C) groups is 1. The summed E-state index contributed by atoms with van der Waals surface area (Å²) in [5.41, 5.74) is 8.62. The van der Waals surface area contributed by atoms with E-state index in [4.69, 9.17) is 5.73 Å². The number of guanidine groups is 1. The first-order valence-electron chi connectivity index (χ1n) is 7.84. The van der Waals surface area contributed by atoms with E-state index < -0.39 is 0 Å². The van der Waals surface area contributed by atoms with Crippen molar-refractivity contribution in [3.8, 4) is 0 Å². The number of rotatable bonds is 3. The lowest BCUT2D eigenvalue weighted by molar-refractivity contribution is 0.277. The Bertz CT molecular complexity index is 621. The quantitative estimate of drug-likeness (QED) is 0.672. The van der Waals surface area contributed by atoms with Gasteiger partial charge in [-0.05, 0) is 36.8 Å². The first-order valence-corrected chi connectivity index (χ1v) is 7.84. The molecule has 0 aliphatic carbocycles. The van der Waals surface area contributed by atoms with Gasteiger partial charge in [0.25, 0.3) is 0 Å². The van der Waals surface area contributed by atoms with E-state index in [1.54, 1.807) is 0 Å². The van der Waals surface area contributed by atoms with E-state index in [9.17, 15) is 0 Å². The molecule has 1 fully saturated rings. The smallest absolute Gasteiger partial charge is 0.191 e. The highest BCUT2D eigenvalue weighted by atomic mass is 15.3. The van der Waals surface area contributed by atoms with Gasteiger partial charge in [0.2, 0.25) is 0 Å². The molecule has 2 heterocycles. The van der Waals surface area contributed by atoms with Gasteiger partial charge >= 0.3 is 0 Å². The number of nitrogens with one attached hydrogen (secondary N) is 1. The molecule has 0 amide bonds.